The third-order valence-corrected chi connectivity index (χ3v) is 3.36. The van der Waals surface area contributed by atoms with E-state index in [1.165, 1.54) is 24.3 Å². The van der Waals surface area contributed by atoms with E-state index < -0.39 is 11.8 Å². The monoisotopic (exact) mass is 347 g/mol. The van der Waals surface area contributed by atoms with Gasteiger partial charge in [0.15, 0.2) is 5.76 Å². The van der Waals surface area contributed by atoms with Gasteiger partial charge in [-0.1, -0.05) is 12.1 Å². The van der Waals surface area contributed by atoms with Crippen molar-refractivity contribution < 1.29 is 19.0 Å². The highest BCUT2D eigenvalue weighted by atomic mass is 19.1. The van der Waals surface area contributed by atoms with Gasteiger partial charge in [0.2, 0.25) is 5.70 Å². The van der Waals surface area contributed by atoms with Gasteiger partial charge < -0.3 is 14.7 Å². The predicted molar refractivity (Wildman–Crippen MR) is 92.2 cm³/mol. The molecule has 0 spiro atoms. The first kappa shape index (κ1) is 18.6. The number of nitrogens with zero attached hydrogens (tertiary/aromatic N) is 3. The van der Waals surface area contributed by atoms with Crippen LogP contribution in [0, 0.1) is 5.82 Å². The van der Waals surface area contributed by atoms with Gasteiger partial charge in [-0.3, -0.25) is 0 Å². The zero-order valence-electron chi connectivity index (χ0n) is 14.6. The minimum Gasteiger partial charge on any atom is -0.505 e. The number of benzene rings is 1. The predicted octanol–water partition coefficient (Wildman–Crippen LogP) is 3.68. The number of allylic oxidation sites excluding steroid dienone is 1. The second-order valence-electron chi connectivity index (χ2n) is 5.88. The van der Waals surface area contributed by atoms with Crippen molar-refractivity contribution in [3.63, 3.8) is 0 Å². The Labute approximate surface area is 146 Å². The summed E-state index contributed by atoms with van der Waals surface area (Å²) in [5.41, 5.74) is 0.602. The Balaban J connectivity index is 2.50. The van der Waals surface area contributed by atoms with Crippen LogP contribution in [0.25, 0.3) is 5.57 Å². The molecule has 1 fully saturated rings. The van der Waals surface area contributed by atoms with Crippen molar-refractivity contribution >= 4 is 11.5 Å². The van der Waals surface area contributed by atoms with Gasteiger partial charge in [-0.15, -0.1) is 5.11 Å². The summed E-state index contributed by atoms with van der Waals surface area (Å²) in [6.45, 7) is 1.82. The van der Waals surface area contributed by atoms with Crippen LogP contribution in [0.1, 0.15) is 25.3 Å². The number of azo groups is 1. The second kappa shape index (κ2) is 8.41. The molecule has 0 radical (unpaired) electrons. The van der Waals surface area contributed by atoms with E-state index in [1.807, 2.05) is 0 Å². The fraction of sp³-hybridized carbons (Fsp3) is 0.389. The molecule has 1 aromatic carbocycles. The van der Waals surface area contributed by atoms with Gasteiger partial charge in [0, 0.05) is 25.9 Å². The zero-order chi connectivity index (χ0) is 18.4. The number of rotatable bonds is 7. The van der Waals surface area contributed by atoms with Crippen LogP contribution in [0.5, 0.6) is 0 Å². The molecule has 0 aliphatic heterocycles. The molecule has 25 heavy (non-hydrogen) atoms. The van der Waals surface area contributed by atoms with Gasteiger partial charge in [0.1, 0.15) is 5.82 Å². The fourth-order valence-corrected chi connectivity index (χ4v) is 2.00. The number of halogens is 1. The third-order valence-electron chi connectivity index (χ3n) is 3.36. The summed E-state index contributed by atoms with van der Waals surface area (Å²) in [5, 5.41) is 18.7. The van der Waals surface area contributed by atoms with Crippen LogP contribution in [-0.2, 0) is 9.53 Å². The molecule has 134 valence electrons. The maximum Gasteiger partial charge on any atom is 0.362 e. The van der Waals surface area contributed by atoms with E-state index in [1.54, 1.807) is 32.1 Å². The zero-order valence-corrected chi connectivity index (χ0v) is 14.6. The van der Waals surface area contributed by atoms with Gasteiger partial charge in [-0.25, -0.2) is 9.18 Å². The van der Waals surface area contributed by atoms with Crippen molar-refractivity contribution in [3.8, 4) is 0 Å². The Hall–Kier alpha value is -2.70. The first-order chi connectivity index (χ1) is 11.9. The minimum atomic E-state index is -0.754. The molecule has 0 heterocycles. The summed E-state index contributed by atoms with van der Waals surface area (Å²) in [5.74, 6) is -1.50. The molecule has 2 rings (SSSR count). The van der Waals surface area contributed by atoms with Gasteiger partial charge in [-0.2, -0.15) is 5.11 Å². The third kappa shape index (κ3) is 5.41. The summed E-state index contributed by atoms with van der Waals surface area (Å²) in [6, 6.07) is 5.68. The second-order valence-corrected chi connectivity index (χ2v) is 5.88. The standard InChI is InChI=1S/C18H22FN3O3/c1-4-25-18(24)16(21-20-14-9-10-14)17(23)15(11-22(2)3)12-5-7-13(19)8-6-12/h5-8,11,14,23H,4,9-10H2,1-3H3. The number of carbonyl (C=O) groups excluding carboxylic acids is 1. The lowest BCUT2D eigenvalue weighted by atomic mass is 10.0. The number of aliphatic hydroxyl groups is 1. The van der Waals surface area contributed by atoms with Crippen molar-refractivity contribution in [2.75, 3.05) is 20.7 Å². The largest absolute Gasteiger partial charge is 0.505 e. The minimum absolute atomic E-state index is 0.0873. The van der Waals surface area contributed by atoms with E-state index in [9.17, 15) is 14.3 Å². The Morgan fingerprint density at radius 2 is 2.00 bits per heavy atom. The Bertz CT molecular complexity index is 705. The SMILES string of the molecule is CCOC(=O)C(N=NC1CC1)=C(O)C(=CN(C)C)c1ccc(F)cc1. The first-order valence-corrected chi connectivity index (χ1v) is 8.08. The molecule has 0 amide bonds. The van der Waals surface area contributed by atoms with Gasteiger partial charge in [0.05, 0.1) is 12.6 Å². The van der Waals surface area contributed by atoms with E-state index in [-0.39, 0.29) is 24.1 Å². The van der Waals surface area contributed by atoms with E-state index in [0.29, 0.717) is 11.1 Å². The molecule has 1 aromatic rings. The van der Waals surface area contributed by atoms with Crippen LogP contribution in [0.4, 0.5) is 4.39 Å². The molecule has 1 aliphatic rings. The summed E-state index contributed by atoms with van der Waals surface area (Å²) in [4.78, 5) is 13.9. The first-order valence-electron chi connectivity index (χ1n) is 8.08. The fourth-order valence-electron chi connectivity index (χ4n) is 2.00. The molecule has 0 unspecified atom stereocenters. The molecule has 1 N–H and O–H groups in total. The Morgan fingerprint density at radius 1 is 1.36 bits per heavy atom. The van der Waals surface area contributed by atoms with E-state index in [0.717, 1.165) is 12.8 Å². The summed E-state index contributed by atoms with van der Waals surface area (Å²) < 4.78 is 18.2. The van der Waals surface area contributed by atoms with Crippen LogP contribution in [-0.4, -0.2) is 42.7 Å². The lowest BCUT2D eigenvalue weighted by molar-refractivity contribution is -0.138. The highest BCUT2D eigenvalue weighted by Crippen LogP contribution is 2.28. The normalized spacial score (nSPS) is 15.9. The molecular weight excluding hydrogens is 325 g/mol. The van der Waals surface area contributed by atoms with Crippen molar-refractivity contribution in [2.24, 2.45) is 10.2 Å². The summed E-state index contributed by atoms with van der Waals surface area (Å²) in [7, 11) is 3.54. The average molecular weight is 347 g/mol. The van der Waals surface area contributed by atoms with Crippen LogP contribution in [0.2, 0.25) is 0 Å². The number of carbonyl (C=O) groups is 1. The smallest absolute Gasteiger partial charge is 0.362 e. The Kier molecular flexibility index (Phi) is 6.27. The number of hydrogen-bond acceptors (Lipinski definition) is 6. The highest BCUT2D eigenvalue weighted by molar-refractivity contribution is 5.93. The topological polar surface area (TPSA) is 74.5 Å². The summed E-state index contributed by atoms with van der Waals surface area (Å²) >= 11 is 0. The quantitative estimate of drug-likeness (QED) is 0.268. The van der Waals surface area contributed by atoms with Crippen LogP contribution in [0.3, 0.4) is 0 Å². The van der Waals surface area contributed by atoms with E-state index in [4.69, 9.17) is 4.74 Å². The number of aliphatic hydroxyl groups excluding tert-OH is 1. The molecule has 0 aromatic heterocycles. The lowest BCUT2D eigenvalue weighted by Crippen LogP contribution is -2.11. The molecular formula is C18H22FN3O3. The van der Waals surface area contributed by atoms with Crippen LogP contribution >= 0.6 is 0 Å². The number of hydrogen-bond donors (Lipinski definition) is 1. The molecule has 0 saturated heterocycles. The maximum atomic E-state index is 13.2. The van der Waals surface area contributed by atoms with Crippen molar-refractivity contribution in [2.45, 2.75) is 25.8 Å². The maximum absolute atomic E-state index is 13.2. The van der Waals surface area contributed by atoms with Crippen LogP contribution in [0.15, 0.2) is 52.2 Å². The van der Waals surface area contributed by atoms with Gasteiger partial charge >= 0.3 is 5.97 Å². The van der Waals surface area contributed by atoms with Crippen molar-refractivity contribution in [1.29, 1.82) is 0 Å². The Morgan fingerprint density at radius 3 is 2.52 bits per heavy atom. The molecule has 0 bridgehead atoms. The average Bonchev–Trinajstić information content (AvgIpc) is 3.38. The number of ether oxygens (including phenoxy) is 1. The lowest BCUT2D eigenvalue weighted by Gasteiger charge is -2.13. The molecule has 7 heteroatoms. The van der Waals surface area contributed by atoms with E-state index in [2.05, 4.69) is 10.2 Å². The molecule has 6 nitrogen and oxygen atoms in total. The molecule has 1 saturated carbocycles. The number of esters is 1. The van der Waals surface area contributed by atoms with Crippen molar-refractivity contribution in [1.82, 2.24) is 4.90 Å². The van der Waals surface area contributed by atoms with Gasteiger partial charge in [0.25, 0.3) is 0 Å². The summed E-state index contributed by atoms with van der Waals surface area (Å²) in [6.07, 6.45) is 3.45. The molecule has 1 aliphatic carbocycles. The van der Waals surface area contributed by atoms with Gasteiger partial charge in [-0.05, 0) is 37.5 Å². The molecule has 0 atom stereocenters. The van der Waals surface area contributed by atoms with E-state index >= 15 is 0 Å². The van der Waals surface area contributed by atoms with Crippen LogP contribution < -0.4 is 0 Å². The van der Waals surface area contributed by atoms with Crippen molar-refractivity contribution in [3.05, 3.63) is 53.3 Å². The highest BCUT2D eigenvalue weighted by Gasteiger charge is 2.24.